The van der Waals surface area contributed by atoms with Crippen LogP contribution in [0.15, 0.2) is 41.3 Å². The minimum absolute atomic E-state index is 0.105. The molecule has 6 nitrogen and oxygen atoms in total. The summed E-state index contributed by atoms with van der Waals surface area (Å²) in [7, 11) is -7.06. The average Bonchev–Trinajstić information content (AvgIpc) is 2.62. The largest absolute Gasteiger partial charge is 0.280 e. The number of rotatable bonds is 6. The Morgan fingerprint density at radius 2 is 1.75 bits per heavy atom. The third-order valence-corrected chi connectivity index (χ3v) is 8.35. The monoisotopic (exact) mass is 422 g/mol. The summed E-state index contributed by atoms with van der Waals surface area (Å²) in [5.74, 6) is 0.105. The Balaban J connectivity index is 1.90. The number of sulfonamides is 2. The van der Waals surface area contributed by atoms with Gasteiger partial charge in [-0.05, 0) is 80.1 Å². The molecule has 0 atom stereocenters. The van der Waals surface area contributed by atoms with Gasteiger partial charge in [-0.15, -0.1) is 0 Å². The van der Waals surface area contributed by atoms with E-state index in [4.69, 9.17) is 0 Å². The second-order valence-corrected chi connectivity index (χ2v) is 10.9. The molecule has 28 heavy (non-hydrogen) atoms. The maximum absolute atomic E-state index is 12.7. The van der Waals surface area contributed by atoms with Gasteiger partial charge in [0.15, 0.2) is 0 Å². The highest BCUT2D eigenvalue weighted by Gasteiger charge is 2.27. The second kappa shape index (κ2) is 7.75. The number of hydrogen-bond donors (Lipinski definition) is 1. The number of hydrogen-bond acceptors (Lipinski definition) is 4. The van der Waals surface area contributed by atoms with E-state index in [0.29, 0.717) is 37.2 Å². The highest BCUT2D eigenvalue weighted by atomic mass is 32.2. The Labute approximate surface area is 167 Å². The van der Waals surface area contributed by atoms with Crippen LogP contribution in [0.2, 0.25) is 0 Å². The Kier molecular flexibility index (Phi) is 5.72. The van der Waals surface area contributed by atoms with Crippen LogP contribution >= 0.6 is 0 Å². The standard InChI is InChI=1S/C20H26N2O4S2/c1-4-12-27(23,24)22-11-5-6-17-14-18(8-10-20(17)22)21-28(25,26)19-9-7-15(2)16(3)13-19/h7-10,13-14,21H,4-6,11-12H2,1-3H3. The minimum Gasteiger partial charge on any atom is -0.280 e. The van der Waals surface area contributed by atoms with Crippen molar-refractivity contribution in [2.24, 2.45) is 0 Å². The van der Waals surface area contributed by atoms with Gasteiger partial charge in [-0.3, -0.25) is 9.03 Å². The summed E-state index contributed by atoms with van der Waals surface area (Å²) in [5, 5.41) is 0. The molecule has 1 heterocycles. The van der Waals surface area contributed by atoms with Crippen LogP contribution in [0.5, 0.6) is 0 Å². The van der Waals surface area contributed by atoms with Crippen LogP contribution in [0.25, 0.3) is 0 Å². The van der Waals surface area contributed by atoms with Gasteiger partial charge in [0.1, 0.15) is 0 Å². The van der Waals surface area contributed by atoms with E-state index < -0.39 is 20.0 Å². The molecule has 152 valence electrons. The molecule has 0 saturated carbocycles. The van der Waals surface area contributed by atoms with Crippen LogP contribution in [0.1, 0.15) is 36.5 Å². The van der Waals surface area contributed by atoms with Crippen molar-refractivity contribution in [2.45, 2.75) is 44.9 Å². The lowest BCUT2D eigenvalue weighted by Gasteiger charge is -2.30. The van der Waals surface area contributed by atoms with E-state index in [1.54, 1.807) is 36.4 Å². The minimum atomic E-state index is -3.71. The van der Waals surface area contributed by atoms with Crippen LogP contribution in [0.3, 0.4) is 0 Å². The van der Waals surface area contributed by atoms with Gasteiger partial charge in [-0.2, -0.15) is 0 Å². The van der Waals surface area contributed by atoms with Gasteiger partial charge in [0.05, 0.1) is 16.3 Å². The third kappa shape index (κ3) is 4.17. The van der Waals surface area contributed by atoms with Crippen molar-refractivity contribution in [2.75, 3.05) is 21.3 Å². The van der Waals surface area contributed by atoms with E-state index in [-0.39, 0.29) is 10.6 Å². The molecule has 8 heteroatoms. The van der Waals surface area contributed by atoms with Crippen molar-refractivity contribution in [1.29, 1.82) is 0 Å². The number of benzene rings is 2. The summed E-state index contributed by atoms with van der Waals surface area (Å²) in [6.45, 7) is 6.11. The Morgan fingerprint density at radius 1 is 1.00 bits per heavy atom. The first-order valence-corrected chi connectivity index (χ1v) is 12.5. The van der Waals surface area contributed by atoms with Crippen molar-refractivity contribution in [3.63, 3.8) is 0 Å². The SMILES string of the molecule is CCCS(=O)(=O)N1CCCc2cc(NS(=O)(=O)c3ccc(C)c(C)c3)ccc21. The molecule has 0 amide bonds. The second-order valence-electron chi connectivity index (χ2n) is 7.19. The summed E-state index contributed by atoms with van der Waals surface area (Å²) >= 11 is 0. The van der Waals surface area contributed by atoms with E-state index in [0.717, 1.165) is 16.7 Å². The molecule has 0 aliphatic carbocycles. The number of anilines is 2. The lowest BCUT2D eigenvalue weighted by molar-refractivity contribution is 0.585. The van der Waals surface area contributed by atoms with E-state index in [1.165, 1.54) is 4.31 Å². The molecule has 0 bridgehead atoms. The topological polar surface area (TPSA) is 83.6 Å². The molecule has 3 rings (SSSR count). The van der Waals surface area contributed by atoms with Crippen LogP contribution in [-0.4, -0.2) is 29.1 Å². The molecular weight excluding hydrogens is 396 g/mol. The smallest absolute Gasteiger partial charge is 0.261 e. The molecular formula is C20H26N2O4S2. The van der Waals surface area contributed by atoms with Gasteiger partial charge in [0, 0.05) is 12.2 Å². The van der Waals surface area contributed by atoms with Gasteiger partial charge in [-0.1, -0.05) is 13.0 Å². The van der Waals surface area contributed by atoms with Crippen molar-refractivity contribution in [3.8, 4) is 0 Å². The van der Waals surface area contributed by atoms with E-state index in [1.807, 2.05) is 20.8 Å². The lowest BCUT2D eigenvalue weighted by Crippen LogP contribution is -2.37. The molecule has 0 saturated heterocycles. The summed E-state index contributed by atoms with van der Waals surface area (Å²) < 4.78 is 54.6. The maximum atomic E-state index is 12.7. The van der Waals surface area contributed by atoms with Crippen LogP contribution in [0, 0.1) is 13.8 Å². The van der Waals surface area contributed by atoms with Crippen molar-refractivity contribution in [3.05, 3.63) is 53.1 Å². The number of fused-ring (bicyclic) bond motifs is 1. The molecule has 0 spiro atoms. The van der Waals surface area contributed by atoms with Crippen molar-refractivity contribution in [1.82, 2.24) is 0 Å². The fourth-order valence-corrected chi connectivity index (χ4v) is 6.13. The molecule has 0 radical (unpaired) electrons. The van der Waals surface area contributed by atoms with Gasteiger partial charge >= 0.3 is 0 Å². The average molecular weight is 423 g/mol. The Hall–Kier alpha value is -2.06. The van der Waals surface area contributed by atoms with Crippen molar-refractivity contribution < 1.29 is 16.8 Å². The highest BCUT2D eigenvalue weighted by molar-refractivity contribution is 7.93. The predicted octanol–water partition coefficient (Wildman–Crippen LogP) is 3.60. The van der Waals surface area contributed by atoms with Gasteiger partial charge in [0.25, 0.3) is 10.0 Å². The molecule has 1 aliphatic heterocycles. The first-order chi connectivity index (χ1) is 13.1. The molecule has 0 unspecified atom stereocenters. The Bertz CT molecular complexity index is 1090. The van der Waals surface area contributed by atoms with Crippen LogP contribution < -0.4 is 9.03 Å². The normalized spacial score (nSPS) is 14.6. The zero-order valence-corrected chi connectivity index (χ0v) is 18.0. The highest BCUT2D eigenvalue weighted by Crippen LogP contribution is 2.32. The third-order valence-electron chi connectivity index (χ3n) is 4.99. The number of nitrogens with one attached hydrogen (secondary N) is 1. The van der Waals surface area contributed by atoms with Gasteiger partial charge < -0.3 is 0 Å². The molecule has 0 fully saturated rings. The van der Waals surface area contributed by atoms with Crippen LogP contribution in [-0.2, 0) is 26.5 Å². The number of aryl methyl sites for hydroxylation is 3. The fraction of sp³-hybridized carbons (Fsp3) is 0.400. The molecule has 1 N–H and O–H groups in total. The van der Waals surface area contributed by atoms with Crippen molar-refractivity contribution >= 4 is 31.4 Å². The molecule has 2 aromatic rings. The predicted molar refractivity (Wildman–Crippen MR) is 113 cm³/mol. The summed E-state index contributed by atoms with van der Waals surface area (Å²) in [4.78, 5) is 0.209. The first kappa shape index (κ1) is 20.7. The summed E-state index contributed by atoms with van der Waals surface area (Å²) in [6, 6.07) is 10.1. The Morgan fingerprint density at radius 3 is 2.43 bits per heavy atom. The zero-order valence-electron chi connectivity index (χ0n) is 16.4. The number of nitrogens with zero attached hydrogens (tertiary/aromatic N) is 1. The fourth-order valence-electron chi connectivity index (χ4n) is 3.38. The first-order valence-electron chi connectivity index (χ1n) is 9.37. The summed E-state index contributed by atoms with van der Waals surface area (Å²) in [5.41, 5.74) is 3.86. The van der Waals surface area contributed by atoms with Gasteiger partial charge in [0.2, 0.25) is 10.0 Å². The van der Waals surface area contributed by atoms with E-state index >= 15 is 0 Å². The molecule has 1 aliphatic rings. The molecule has 0 aromatic heterocycles. The van der Waals surface area contributed by atoms with E-state index in [2.05, 4.69) is 4.72 Å². The van der Waals surface area contributed by atoms with Crippen LogP contribution in [0.4, 0.5) is 11.4 Å². The lowest BCUT2D eigenvalue weighted by atomic mass is 10.0. The summed E-state index contributed by atoms with van der Waals surface area (Å²) in [6.07, 6.45) is 1.98. The zero-order chi connectivity index (χ0) is 20.5. The van der Waals surface area contributed by atoms with E-state index in [9.17, 15) is 16.8 Å². The maximum Gasteiger partial charge on any atom is 0.261 e. The quantitative estimate of drug-likeness (QED) is 0.771. The molecule has 2 aromatic carbocycles. The van der Waals surface area contributed by atoms with Gasteiger partial charge in [-0.25, -0.2) is 16.8 Å².